The summed E-state index contributed by atoms with van der Waals surface area (Å²) < 4.78 is 15.5. The van der Waals surface area contributed by atoms with Gasteiger partial charge in [0.25, 0.3) is 0 Å². The second kappa shape index (κ2) is 7.54. The second-order valence-corrected chi connectivity index (χ2v) is 7.12. The van der Waals surface area contributed by atoms with Crippen molar-refractivity contribution in [2.24, 2.45) is 0 Å². The maximum atomic E-state index is 13.8. The predicted molar refractivity (Wildman–Crippen MR) is 102 cm³/mol. The van der Waals surface area contributed by atoms with Crippen LogP contribution in [0.3, 0.4) is 0 Å². The molecule has 2 aromatic heterocycles. The van der Waals surface area contributed by atoms with Gasteiger partial charge in [-0.1, -0.05) is 6.07 Å². The lowest BCUT2D eigenvalue weighted by Gasteiger charge is -2.20. The first-order valence-electron chi connectivity index (χ1n) is 9.11. The van der Waals surface area contributed by atoms with Gasteiger partial charge in [-0.2, -0.15) is 0 Å². The average Bonchev–Trinajstić information content (AvgIpc) is 3.30. The average molecular weight is 366 g/mol. The largest absolute Gasteiger partial charge is 0.305 e. The Morgan fingerprint density at radius 2 is 2.00 bits per heavy atom. The van der Waals surface area contributed by atoms with Gasteiger partial charge in [0.05, 0.1) is 12.2 Å². The first-order chi connectivity index (χ1) is 13.1. The third-order valence-electron chi connectivity index (χ3n) is 5.01. The molecule has 4 rings (SSSR count). The van der Waals surface area contributed by atoms with Crippen LogP contribution in [-0.4, -0.2) is 62.8 Å². The SMILES string of the molecule is CN(C)C1CCN(Cc2nc(-c3ccncc3)nn2-c2cccc(F)c2)C1. The molecule has 1 aliphatic heterocycles. The Morgan fingerprint density at radius 3 is 2.70 bits per heavy atom. The third kappa shape index (κ3) is 3.89. The summed E-state index contributed by atoms with van der Waals surface area (Å²) in [5, 5.41) is 4.66. The highest BCUT2D eigenvalue weighted by Crippen LogP contribution is 2.21. The zero-order chi connectivity index (χ0) is 18.8. The van der Waals surface area contributed by atoms with Gasteiger partial charge in [-0.15, -0.1) is 5.10 Å². The molecule has 1 aliphatic rings. The van der Waals surface area contributed by atoms with Crippen molar-refractivity contribution < 1.29 is 4.39 Å². The fourth-order valence-corrected chi connectivity index (χ4v) is 3.46. The molecule has 1 unspecified atom stereocenters. The number of nitrogens with zero attached hydrogens (tertiary/aromatic N) is 6. The van der Waals surface area contributed by atoms with E-state index in [9.17, 15) is 4.39 Å². The summed E-state index contributed by atoms with van der Waals surface area (Å²) in [5.74, 6) is 1.15. The lowest BCUT2D eigenvalue weighted by Crippen LogP contribution is -2.31. The molecular weight excluding hydrogens is 343 g/mol. The molecule has 1 fully saturated rings. The van der Waals surface area contributed by atoms with Crippen LogP contribution in [0.2, 0.25) is 0 Å². The minimum absolute atomic E-state index is 0.284. The number of benzene rings is 1. The Bertz CT molecular complexity index is 908. The number of hydrogen-bond acceptors (Lipinski definition) is 5. The van der Waals surface area contributed by atoms with E-state index in [1.165, 1.54) is 12.1 Å². The number of rotatable bonds is 5. The van der Waals surface area contributed by atoms with Gasteiger partial charge < -0.3 is 4.90 Å². The van der Waals surface area contributed by atoms with Crippen molar-refractivity contribution in [2.75, 3.05) is 27.2 Å². The lowest BCUT2D eigenvalue weighted by molar-refractivity contribution is 0.260. The van der Waals surface area contributed by atoms with E-state index in [-0.39, 0.29) is 5.82 Å². The standard InChI is InChI=1S/C20H23FN6/c1-25(2)18-8-11-26(13-18)14-19-23-20(15-6-9-22-10-7-15)24-27(19)17-5-3-4-16(21)12-17/h3-7,9-10,12,18H,8,11,13-14H2,1-2H3. The van der Waals surface area contributed by atoms with Crippen LogP contribution in [0.5, 0.6) is 0 Å². The normalized spacial score (nSPS) is 17.7. The van der Waals surface area contributed by atoms with Crippen molar-refractivity contribution >= 4 is 0 Å². The van der Waals surface area contributed by atoms with Crippen LogP contribution in [0.25, 0.3) is 17.1 Å². The van der Waals surface area contributed by atoms with Gasteiger partial charge in [0.1, 0.15) is 11.6 Å². The Hall–Kier alpha value is -2.64. The zero-order valence-corrected chi connectivity index (χ0v) is 15.6. The molecule has 1 saturated heterocycles. The Morgan fingerprint density at radius 1 is 1.19 bits per heavy atom. The fraction of sp³-hybridized carbons (Fsp3) is 0.350. The second-order valence-electron chi connectivity index (χ2n) is 7.12. The van der Waals surface area contributed by atoms with Gasteiger partial charge in [-0.05, 0) is 50.8 Å². The molecule has 0 amide bonds. The van der Waals surface area contributed by atoms with Crippen LogP contribution in [0.4, 0.5) is 4.39 Å². The molecule has 1 aromatic carbocycles. The van der Waals surface area contributed by atoms with E-state index in [4.69, 9.17) is 4.98 Å². The van der Waals surface area contributed by atoms with E-state index >= 15 is 0 Å². The molecule has 1 atom stereocenters. The molecule has 27 heavy (non-hydrogen) atoms. The Kier molecular flexibility index (Phi) is 4.96. The van der Waals surface area contributed by atoms with Crippen molar-refractivity contribution in [2.45, 2.75) is 19.0 Å². The highest BCUT2D eigenvalue weighted by atomic mass is 19.1. The topological polar surface area (TPSA) is 50.1 Å². The summed E-state index contributed by atoms with van der Waals surface area (Å²) >= 11 is 0. The molecule has 0 bridgehead atoms. The molecule has 3 heterocycles. The fourth-order valence-electron chi connectivity index (χ4n) is 3.46. The van der Waals surface area contributed by atoms with E-state index in [2.05, 4.69) is 34.0 Å². The van der Waals surface area contributed by atoms with Gasteiger partial charge >= 0.3 is 0 Å². The van der Waals surface area contributed by atoms with Gasteiger partial charge in [-0.3, -0.25) is 9.88 Å². The van der Waals surface area contributed by atoms with E-state index in [0.717, 1.165) is 30.9 Å². The number of aromatic nitrogens is 4. The number of hydrogen-bond donors (Lipinski definition) is 0. The molecule has 3 aromatic rings. The highest BCUT2D eigenvalue weighted by molar-refractivity contribution is 5.54. The van der Waals surface area contributed by atoms with Gasteiger partial charge in [0, 0.05) is 37.1 Å². The summed E-state index contributed by atoms with van der Waals surface area (Å²) in [4.78, 5) is 13.5. The summed E-state index contributed by atoms with van der Waals surface area (Å²) in [6.07, 6.45) is 4.58. The first-order valence-corrected chi connectivity index (χ1v) is 9.11. The molecule has 6 nitrogen and oxygen atoms in total. The molecule has 140 valence electrons. The monoisotopic (exact) mass is 366 g/mol. The van der Waals surface area contributed by atoms with Crippen LogP contribution in [0.1, 0.15) is 12.2 Å². The predicted octanol–water partition coefficient (Wildman–Crippen LogP) is 2.60. The Balaban J connectivity index is 1.67. The lowest BCUT2D eigenvalue weighted by atomic mass is 10.2. The minimum Gasteiger partial charge on any atom is -0.305 e. The van der Waals surface area contributed by atoms with Crippen LogP contribution >= 0.6 is 0 Å². The molecule has 0 aliphatic carbocycles. The number of likely N-dealkylation sites (tertiary alicyclic amines) is 1. The minimum atomic E-state index is -0.284. The quantitative estimate of drug-likeness (QED) is 0.695. The maximum Gasteiger partial charge on any atom is 0.182 e. The number of likely N-dealkylation sites (N-methyl/N-ethyl adjacent to an activating group) is 1. The molecule has 0 radical (unpaired) electrons. The van der Waals surface area contributed by atoms with Crippen LogP contribution in [0, 0.1) is 5.82 Å². The Labute approximate surface area is 158 Å². The summed E-state index contributed by atoms with van der Waals surface area (Å²) in [6, 6.07) is 10.8. The molecule has 0 spiro atoms. The zero-order valence-electron chi connectivity index (χ0n) is 15.6. The van der Waals surface area contributed by atoms with Crippen molar-refractivity contribution in [3.63, 3.8) is 0 Å². The van der Waals surface area contributed by atoms with Crippen molar-refractivity contribution in [1.29, 1.82) is 0 Å². The number of pyridine rings is 1. The van der Waals surface area contributed by atoms with E-state index < -0.39 is 0 Å². The van der Waals surface area contributed by atoms with Crippen LogP contribution in [0.15, 0.2) is 48.8 Å². The van der Waals surface area contributed by atoms with Crippen LogP contribution < -0.4 is 0 Å². The molecule has 0 saturated carbocycles. The smallest absolute Gasteiger partial charge is 0.182 e. The van der Waals surface area contributed by atoms with Gasteiger partial charge in [0.2, 0.25) is 0 Å². The van der Waals surface area contributed by atoms with Gasteiger partial charge in [-0.25, -0.2) is 14.1 Å². The van der Waals surface area contributed by atoms with Crippen molar-refractivity contribution in [1.82, 2.24) is 29.5 Å². The van der Waals surface area contributed by atoms with Crippen molar-refractivity contribution in [3.8, 4) is 17.1 Å². The maximum absolute atomic E-state index is 13.8. The molecule has 7 heteroatoms. The summed E-state index contributed by atoms with van der Waals surface area (Å²) in [7, 11) is 4.23. The highest BCUT2D eigenvalue weighted by Gasteiger charge is 2.26. The van der Waals surface area contributed by atoms with E-state index in [1.807, 2.05) is 18.2 Å². The van der Waals surface area contributed by atoms with Crippen LogP contribution in [-0.2, 0) is 6.54 Å². The van der Waals surface area contributed by atoms with E-state index in [0.29, 0.717) is 24.1 Å². The third-order valence-corrected chi connectivity index (χ3v) is 5.01. The molecule has 0 N–H and O–H groups in total. The number of halogens is 1. The van der Waals surface area contributed by atoms with Gasteiger partial charge in [0.15, 0.2) is 5.82 Å². The van der Waals surface area contributed by atoms with Crippen molar-refractivity contribution in [3.05, 3.63) is 60.4 Å². The first kappa shape index (κ1) is 17.8. The van der Waals surface area contributed by atoms with E-state index in [1.54, 1.807) is 23.1 Å². The molecular formula is C20H23FN6. The summed E-state index contributed by atoms with van der Waals surface area (Å²) in [5.41, 5.74) is 1.58. The summed E-state index contributed by atoms with van der Waals surface area (Å²) in [6.45, 7) is 2.69.